The van der Waals surface area contributed by atoms with Gasteiger partial charge in [-0.15, -0.1) is 0 Å². The molecule has 0 amide bonds. The maximum atomic E-state index is 5.94. The quantitative estimate of drug-likeness (QED) is 0.399. The highest BCUT2D eigenvalue weighted by molar-refractivity contribution is 7.33. The summed E-state index contributed by atoms with van der Waals surface area (Å²) in [7, 11) is -1.44. The van der Waals surface area contributed by atoms with Crippen LogP contribution in [0.25, 0.3) is 0 Å². The molecule has 0 radical (unpaired) electrons. The summed E-state index contributed by atoms with van der Waals surface area (Å²) in [6.45, 7) is 2.96. The smallest absolute Gasteiger partial charge is 0.237 e. The second-order valence-electron chi connectivity index (χ2n) is 5.79. The second kappa shape index (κ2) is 8.43. The van der Waals surface area contributed by atoms with Crippen molar-refractivity contribution < 1.29 is 4.74 Å². The van der Waals surface area contributed by atoms with Crippen molar-refractivity contribution >= 4 is 29.6 Å². The first kappa shape index (κ1) is 16.3. The highest BCUT2D eigenvalue weighted by Crippen LogP contribution is 2.34. The normalized spacial score (nSPS) is 23.2. The van der Waals surface area contributed by atoms with Crippen LogP contribution < -0.4 is 0 Å². The Kier molecular flexibility index (Phi) is 6.89. The predicted molar refractivity (Wildman–Crippen MR) is 90.4 cm³/mol. The molecule has 4 heteroatoms. The van der Waals surface area contributed by atoms with E-state index in [4.69, 9.17) is 26.9 Å². The van der Waals surface area contributed by atoms with Gasteiger partial charge in [0, 0.05) is 6.61 Å². The average Bonchev–Trinajstić information content (AvgIpc) is 2.45. The fourth-order valence-electron chi connectivity index (χ4n) is 2.89. The first-order valence-electron chi connectivity index (χ1n) is 7.61. The first-order valence-corrected chi connectivity index (χ1v) is 11.9. The van der Waals surface area contributed by atoms with Crippen molar-refractivity contribution in [2.75, 3.05) is 6.61 Å². The highest BCUT2D eigenvalue weighted by Gasteiger charge is 2.22. The lowest BCUT2D eigenvalue weighted by Gasteiger charge is -2.29. The van der Waals surface area contributed by atoms with Gasteiger partial charge in [0.2, 0.25) is 7.42 Å². The van der Waals surface area contributed by atoms with Crippen molar-refractivity contribution in [1.29, 1.82) is 0 Å². The van der Waals surface area contributed by atoms with Crippen molar-refractivity contribution in [2.24, 2.45) is 0 Å². The summed E-state index contributed by atoms with van der Waals surface area (Å²) >= 11 is 11.7. The Morgan fingerprint density at radius 2 is 1.75 bits per heavy atom. The third kappa shape index (κ3) is 5.40. The van der Waals surface area contributed by atoms with E-state index in [1.807, 2.05) is 0 Å². The first-order chi connectivity index (χ1) is 9.65. The SMILES string of the molecule is Cc1ccc([C@H]2CC[C@H](OCCC[SiH](Cl)Cl)CC2)cc1. The van der Waals surface area contributed by atoms with E-state index in [0.717, 1.165) is 25.0 Å². The fourth-order valence-corrected chi connectivity index (χ4v) is 4.29. The van der Waals surface area contributed by atoms with Crippen LogP contribution in [-0.2, 0) is 4.74 Å². The number of rotatable bonds is 6. The Morgan fingerprint density at radius 3 is 2.35 bits per heavy atom. The number of aryl methyl sites for hydroxylation is 1. The maximum absolute atomic E-state index is 5.94. The van der Waals surface area contributed by atoms with Gasteiger partial charge in [0.25, 0.3) is 0 Å². The zero-order valence-electron chi connectivity index (χ0n) is 12.2. The van der Waals surface area contributed by atoms with Gasteiger partial charge in [0.15, 0.2) is 0 Å². The molecule has 0 saturated heterocycles. The topological polar surface area (TPSA) is 9.23 Å². The van der Waals surface area contributed by atoms with E-state index in [2.05, 4.69) is 31.2 Å². The van der Waals surface area contributed by atoms with E-state index >= 15 is 0 Å². The van der Waals surface area contributed by atoms with Gasteiger partial charge >= 0.3 is 0 Å². The van der Waals surface area contributed by atoms with E-state index in [-0.39, 0.29) is 0 Å². The number of ether oxygens (including phenoxy) is 1. The molecule has 1 saturated carbocycles. The number of benzene rings is 1. The Morgan fingerprint density at radius 1 is 1.10 bits per heavy atom. The lowest BCUT2D eigenvalue weighted by Crippen LogP contribution is -2.21. The van der Waals surface area contributed by atoms with Gasteiger partial charge in [-0.3, -0.25) is 0 Å². The number of hydrogen-bond acceptors (Lipinski definition) is 1. The molecule has 0 heterocycles. The van der Waals surface area contributed by atoms with Crippen LogP contribution in [0, 0.1) is 6.92 Å². The van der Waals surface area contributed by atoms with Crippen molar-refractivity contribution in [3.8, 4) is 0 Å². The second-order valence-corrected chi connectivity index (χ2v) is 11.0. The van der Waals surface area contributed by atoms with E-state index in [1.165, 1.54) is 36.8 Å². The van der Waals surface area contributed by atoms with Gasteiger partial charge in [-0.25, -0.2) is 0 Å². The van der Waals surface area contributed by atoms with Crippen LogP contribution in [0.5, 0.6) is 0 Å². The third-order valence-electron chi connectivity index (χ3n) is 4.14. The van der Waals surface area contributed by atoms with Crippen LogP contribution in [0.1, 0.15) is 49.1 Å². The minimum absolute atomic E-state index is 0.447. The van der Waals surface area contributed by atoms with Crippen LogP contribution in [-0.4, -0.2) is 20.1 Å². The zero-order valence-corrected chi connectivity index (χ0v) is 14.8. The minimum Gasteiger partial charge on any atom is -0.378 e. The molecule has 0 aliphatic heterocycles. The van der Waals surface area contributed by atoms with Crippen LogP contribution in [0.3, 0.4) is 0 Å². The molecule has 20 heavy (non-hydrogen) atoms. The highest BCUT2D eigenvalue weighted by atomic mass is 35.7. The summed E-state index contributed by atoms with van der Waals surface area (Å²) in [4.78, 5) is 0. The molecular weight excluding hydrogens is 307 g/mol. The molecular formula is C16H24Cl2OSi. The molecule has 0 aromatic heterocycles. The molecule has 1 aromatic rings. The summed E-state index contributed by atoms with van der Waals surface area (Å²) in [6.07, 6.45) is 6.32. The van der Waals surface area contributed by atoms with E-state index in [9.17, 15) is 0 Å². The summed E-state index contributed by atoms with van der Waals surface area (Å²) in [5.74, 6) is 0.720. The lowest BCUT2D eigenvalue weighted by molar-refractivity contribution is 0.0251. The molecule has 2 rings (SSSR count). The maximum Gasteiger partial charge on any atom is 0.237 e. The van der Waals surface area contributed by atoms with Crippen molar-refractivity contribution in [3.63, 3.8) is 0 Å². The molecule has 1 nitrogen and oxygen atoms in total. The molecule has 1 aliphatic rings. The summed E-state index contributed by atoms with van der Waals surface area (Å²) in [5, 5.41) is 0. The monoisotopic (exact) mass is 330 g/mol. The molecule has 1 fully saturated rings. The summed E-state index contributed by atoms with van der Waals surface area (Å²) in [5.41, 5.74) is 2.83. The van der Waals surface area contributed by atoms with Gasteiger partial charge in [-0.1, -0.05) is 29.8 Å². The molecule has 112 valence electrons. The predicted octanol–water partition coefficient (Wildman–Crippen LogP) is 5.13. The van der Waals surface area contributed by atoms with Crippen LogP contribution in [0.15, 0.2) is 24.3 Å². The van der Waals surface area contributed by atoms with E-state index in [0.29, 0.717) is 6.10 Å². The molecule has 0 spiro atoms. The molecule has 0 bridgehead atoms. The van der Waals surface area contributed by atoms with Crippen LogP contribution >= 0.6 is 22.2 Å². The Hall–Kier alpha value is -0.0231. The summed E-state index contributed by atoms with van der Waals surface area (Å²) < 4.78 is 5.94. The molecule has 0 unspecified atom stereocenters. The zero-order chi connectivity index (χ0) is 14.4. The van der Waals surface area contributed by atoms with Crippen molar-refractivity contribution in [3.05, 3.63) is 35.4 Å². The van der Waals surface area contributed by atoms with Gasteiger partial charge in [-0.05, 0) is 56.6 Å². The molecule has 1 aliphatic carbocycles. The molecule has 0 atom stereocenters. The van der Waals surface area contributed by atoms with E-state index < -0.39 is 7.42 Å². The van der Waals surface area contributed by atoms with Crippen LogP contribution in [0.4, 0.5) is 0 Å². The van der Waals surface area contributed by atoms with Crippen molar-refractivity contribution in [2.45, 2.75) is 57.1 Å². The molecule has 0 N–H and O–H groups in total. The Balaban J connectivity index is 1.68. The average molecular weight is 331 g/mol. The summed E-state index contributed by atoms with van der Waals surface area (Å²) in [6, 6.07) is 9.97. The van der Waals surface area contributed by atoms with Gasteiger partial charge < -0.3 is 4.74 Å². The lowest BCUT2D eigenvalue weighted by atomic mass is 9.82. The minimum atomic E-state index is -1.44. The van der Waals surface area contributed by atoms with Crippen molar-refractivity contribution in [1.82, 2.24) is 0 Å². The number of halogens is 2. The largest absolute Gasteiger partial charge is 0.378 e. The van der Waals surface area contributed by atoms with Gasteiger partial charge in [0.1, 0.15) is 0 Å². The number of hydrogen-bond donors (Lipinski definition) is 0. The van der Waals surface area contributed by atoms with Gasteiger partial charge in [-0.2, -0.15) is 22.2 Å². The van der Waals surface area contributed by atoms with E-state index in [1.54, 1.807) is 0 Å². The standard InChI is InChI=1S/C16H24Cl2OSi/c1-13-3-5-14(6-4-13)15-7-9-16(10-8-15)19-11-2-12-20(17)18/h3-6,15-16,20H,2,7-12H2,1H3/t15-,16-. The Labute approximate surface area is 133 Å². The molecule has 1 aromatic carbocycles. The Bertz CT molecular complexity index is 386. The fraction of sp³-hybridized carbons (Fsp3) is 0.625. The van der Waals surface area contributed by atoms with Crippen LogP contribution in [0.2, 0.25) is 6.04 Å². The van der Waals surface area contributed by atoms with Gasteiger partial charge in [0.05, 0.1) is 6.10 Å². The third-order valence-corrected chi connectivity index (χ3v) is 6.30.